The first-order valence-electron chi connectivity index (χ1n) is 5.44. The molecular formula is C12H18ClNOS2. The maximum Gasteiger partial charge on any atom is 0.144 e. The van der Waals surface area contributed by atoms with Crippen LogP contribution in [0.15, 0.2) is 10.5 Å². The lowest BCUT2D eigenvalue weighted by molar-refractivity contribution is 0.561. The molecule has 0 saturated heterocycles. The van der Waals surface area contributed by atoms with E-state index in [-0.39, 0.29) is 10.7 Å². The molecule has 96 valence electrons. The van der Waals surface area contributed by atoms with Crippen LogP contribution < -0.4 is 0 Å². The first-order chi connectivity index (χ1) is 7.71. The highest BCUT2D eigenvalue weighted by Crippen LogP contribution is 2.31. The van der Waals surface area contributed by atoms with Gasteiger partial charge in [0.2, 0.25) is 0 Å². The number of rotatable bonds is 3. The number of halogens is 1. The van der Waals surface area contributed by atoms with Gasteiger partial charge in [-0.05, 0) is 39.3 Å². The van der Waals surface area contributed by atoms with Gasteiger partial charge < -0.3 is 4.55 Å². The molecule has 2 nitrogen and oxygen atoms in total. The van der Waals surface area contributed by atoms with Gasteiger partial charge >= 0.3 is 0 Å². The van der Waals surface area contributed by atoms with E-state index in [1.807, 2.05) is 40.7 Å². The summed E-state index contributed by atoms with van der Waals surface area (Å²) in [6, 6.07) is 1.95. The molecule has 0 saturated carbocycles. The molecule has 0 fully saturated rings. The predicted molar refractivity (Wildman–Crippen MR) is 78.9 cm³/mol. The Morgan fingerprint density at radius 3 is 2.53 bits per heavy atom. The van der Waals surface area contributed by atoms with Gasteiger partial charge in [-0.1, -0.05) is 22.9 Å². The van der Waals surface area contributed by atoms with Crippen molar-refractivity contribution in [2.75, 3.05) is 0 Å². The molecule has 1 heterocycles. The Morgan fingerprint density at radius 1 is 1.53 bits per heavy atom. The van der Waals surface area contributed by atoms with Crippen LogP contribution in [-0.4, -0.2) is 15.5 Å². The molecule has 1 aromatic rings. The summed E-state index contributed by atoms with van der Waals surface area (Å²) in [4.78, 5) is 1.18. The lowest BCUT2D eigenvalue weighted by Crippen LogP contribution is -2.26. The van der Waals surface area contributed by atoms with Gasteiger partial charge in [0.05, 0.1) is 10.6 Å². The van der Waals surface area contributed by atoms with E-state index in [0.29, 0.717) is 0 Å². The number of nitrogens with zero attached hydrogens (tertiary/aromatic N) is 1. The van der Waals surface area contributed by atoms with Gasteiger partial charge in [-0.15, -0.1) is 11.3 Å². The van der Waals surface area contributed by atoms with Crippen LogP contribution in [0.5, 0.6) is 0 Å². The second-order valence-corrected chi connectivity index (χ2v) is 8.65. The average Bonchev–Trinajstić information content (AvgIpc) is 2.52. The van der Waals surface area contributed by atoms with E-state index >= 15 is 0 Å². The fraction of sp³-hybridized carbons (Fsp3) is 0.583. The lowest BCUT2D eigenvalue weighted by Gasteiger charge is -2.18. The Balaban J connectivity index is 2.76. The minimum absolute atomic E-state index is 0.152. The number of thiophene rings is 1. The highest BCUT2D eigenvalue weighted by atomic mass is 35.5. The Labute approximate surface area is 115 Å². The Hall–Kier alpha value is -0.0300. The molecule has 0 aliphatic rings. The highest BCUT2D eigenvalue weighted by molar-refractivity contribution is 7.91. The van der Waals surface area contributed by atoms with Gasteiger partial charge in [0, 0.05) is 10.8 Å². The molecule has 0 radical (unpaired) electrons. The fourth-order valence-electron chi connectivity index (χ4n) is 1.28. The molecule has 0 N–H and O–H groups in total. The van der Waals surface area contributed by atoms with E-state index in [4.69, 9.17) is 11.6 Å². The number of aryl methyl sites for hydroxylation is 1. The van der Waals surface area contributed by atoms with Crippen LogP contribution >= 0.6 is 22.9 Å². The molecule has 0 spiro atoms. The summed E-state index contributed by atoms with van der Waals surface area (Å²) < 4.78 is 16.4. The van der Waals surface area contributed by atoms with Crippen LogP contribution in [0.3, 0.4) is 0 Å². The molecule has 5 heteroatoms. The van der Waals surface area contributed by atoms with Crippen LogP contribution in [0, 0.1) is 6.92 Å². The summed E-state index contributed by atoms with van der Waals surface area (Å²) in [5.74, 6) is 0.152. The van der Waals surface area contributed by atoms with Gasteiger partial charge in [-0.25, -0.2) is 0 Å². The van der Waals surface area contributed by atoms with Gasteiger partial charge in [0.1, 0.15) is 16.1 Å². The molecule has 1 rings (SSSR count). The topological polar surface area (TPSA) is 35.4 Å². The zero-order valence-electron chi connectivity index (χ0n) is 10.8. The van der Waals surface area contributed by atoms with Gasteiger partial charge in [-0.2, -0.15) is 0 Å². The normalized spacial score (nSPS) is 16.4. The smallest absolute Gasteiger partial charge is 0.144 e. The molecule has 17 heavy (non-hydrogen) atoms. The quantitative estimate of drug-likeness (QED) is 0.602. The monoisotopic (exact) mass is 291 g/mol. The van der Waals surface area contributed by atoms with Crippen molar-refractivity contribution in [1.29, 1.82) is 0 Å². The molecular weight excluding hydrogens is 274 g/mol. The average molecular weight is 292 g/mol. The maximum absolute atomic E-state index is 11.8. The molecule has 2 atom stereocenters. The van der Waals surface area contributed by atoms with Gasteiger partial charge in [0.15, 0.2) is 0 Å². The maximum atomic E-state index is 11.8. The Morgan fingerprint density at radius 2 is 2.12 bits per heavy atom. The van der Waals surface area contributed by atoms with Crippen molar-refractivity contribution in [3.63, 3.8) is 0 Å². The molecule has 0 bridgehead atoms. The Kier molecular flexibility index (Phi) is 5.07. The second-order valence-electron chi connectivity index (χ2n) is 5.00. The lowest BCUT2D eigenvalue weighted by atomic mass is 10.1. The van der Waals surface area contributed by atoms with Crippen LogP contribution in [0.2, 0.25) is 4.34 Å². The summed E-state index contributed by atoms with van der Waals surface area (Å²) in [5.41, 5.74) is 1.17. The first-order valence-corrected chi connectivity index (χ1v) is 7.74. The van der Waals surface area contributed by atoms with Crippen LogP contribution in [0.25, 0.3) is 0 Å². The summed E-state index contributed by atoms with van der Waals surface area (Å²) in [6.07, 6.45) is 1.76. The standard InChI is InChI=1S/C12H18ClNOS2/c1-8-6-10(13)16-11(8)9(2)7-14-17(15)12(3,4)5/h6-7,9H,1-5H3/t9-,17?/m1/s1. The SMILES string of the molecule is Cc1cc(Cl)sc1[C@H](C)C=N[S+]([O-])C(C)(C)C. The van der Waals surface area contributed by atoms with E-state index < -0.39 is 11.4 Å². The second kappa shape index (κ2) is 5.74. The third kappa shape index (κ3) is 4.28. The van der Waals surface area contributed by atoms with Crippen molar-refractivity contribution in [2.24, 2.45) is 4.40 Å². The number of hydrogen-bond acceptors (Lipinski definition) is 3. The third-order valence-corrected chi connectivity index (χ3v) is 5.17. The van der Waals surface area contributed by atoms with E-state index in [0.717, 1.165) is 4.34 Å². The van der Waals surface area contributed by atoms with Crippen molar-refractivity contribution < 1.29 is 4.55 Å². The van der Waals surface area contributed by atoms with E-state index in [1.54, 1.807) is 17.6 Å². The molecule has 0 amide bonds. The van der Waals surface area contributed by atoms with Crippen molar-refractivity contribution in [3.8, 4) is 0 Å². The van der Waals surface area contributed by atoms with Crippen molar-refractivity contribution >= 4 is 40.5 Å². The van der Waals surface area contributed by atoms with Crippen molar-refractivity contribution in [3.05, 3.63) is 20.8 Å². The summed E-state index contributed by atoms with van der Waals surface area (Å²) in [5, 5.41) is 0. The van der Waals surface area contributed by atoms with Crippen molar-refractivity contribution in [1.82, 2.24) is 0 Å². The minimum Gasteiger partial charge on any atom is -0.591 e. The molecule has 0 aliphatic heterocycles. The first kappa shape index (κ1) is 15.0. The fourth-order valence-corrected chi connectivity index (χ4v) is 3.22. The Bertz CT molecular complexity index is 409. The van der Waals surface area contributed by atoms with Crippen molar-refractivity contribution in [2.45, 2.75) is 45.3 Å². The van der Waals surface area contributed by atoms with Gasteiger partial charge in [-0.3, -0.25) is 0 Å². The van der Waals surface area contributed by atoms with Crippen LogP contribution in [0.4, 0.5) is 0 Å². The van der Waals surface area contributed by atoms with E-state index in [1.165, 1.54) is 10.4 Å². The minimum atomic E-state index is -1.19. The molecule has 0 aliphatic carbocycles. The highest BCUT2D eigenvalue weighted by Gasteiger charge is 2.26. The molecule has 1 aromatic heterocycles. The zero-order valence-corrected chi connectivity index (χ0v) is 13.2. The third-order valence-electron chi connectivity index (χ3n) is 2.24. The largest absolute Gasteiger partial charge is 0.591 e. The predicted octanol–water partition coefficient (Wildman–Crippen LogP) is 4.35. The molecule has 1 unspecified atom stereocenters. The molecule has 0 aromatic carbocycles. The zero-order chi connectivity index (χ0) is 13.2. The summed E-state index contributed by atoms with van der Waals surface area (Å²) >= 11 is 6.33. The summed E-state index contributed by atoms with van der Waals surface area (Å²) in [6.45, 7) is 9.82. The van der Waals surface area contributed by atoms with E-state index in [2.05, 4.69) is 4.40 Å². The number of hydrogen-bond donors (Lipinski definition) is 0. The van der Waals surface area contributed by atoms with Crippen LogP contribution in [0.1, 0.15) is 44.1 Å². The van der Waals surface area contributed by atoms with Gasteiger partial charge in [0.25, 0.3) is 0 Å². The van der Waals surface area contributed by atoms with Crippen LogP contribution in [-0.2, 0) is 11.4 Å². The van der Waals surface area contributed by atoms with E-state index in [9.17, 15) is 4.55 Å². The summed E-state index contributed by atoms with van der Waals surface area (Å²) in [7, 11) is 0.